The van der Waals surface area contributed by atoms with E-state index in [0.717, 1.165) is 50.0 Å². The summed E-state index contributed by atoms with van der Waals surface area (Å²) in [6, 6.07) is 15.5. The Morgan fingerprint density at radius 2 is 1.60 bits per heavy atom. The fraction of sp³-hybridized carbons (Fsp3) is 0.567. The van der Waals surface area contributed by atoms with Crippen molar-refractivity contribution in [1.29, 1.82) is 0 Å². The molecule has 2 N–H and O–H groups in total. The first kappa shape index (κ1) is 34.5. The molecule has 4 rings (SSSR count). The zero-order valence-electron chi connectivity index (χ0n) is 23.6. The molecule has 0 saturated heterocycles. The SMILES string of the molecule is CN(CCCCNCCNC1CCCCC1)S(=O)(=O)c1ccc2c(c1)CCN(C(=O)c1ccccc1)CC2.Cl.Cl. The van der Waals surface area contributed by atoms with Gasteiger partial charge in [0.25, 0.3) is 5.91 Å². The lowest BCUT2D eigenvalue weighted by atomic mass is 9.95. The van der Waals surface area contributed by atoms with Gasteiger partial charge in [-0.25, -0.2) is 12.7 Å². The zero-order valence-corrected chi connectivity index (χ0v) is 26.1. The summed E-state index contributed by atoms with van der Waals surface area (Å²) in [4.78, 5) is 15.1. The van der Waals surface area contributed by atoms with Gasteiger partial charge in [-0.2, -0.15) is 0 Å². The van der Waals surface area contributed by atoms with Crippen molar-refractivity contribution in [3.05, 3.63) is 65.2 Å². The Hall–Kier alpha value is -1.68. The number of benzene rings is 2. The minimum Gasteiger partial charge on any atom is -0.338 e. The number of fused-ring (bicyclic) bond motifs is 1. The van der Waals surface area contributed by atoms with Gasteiger partial charge < -0.3 is 15.5 Å². The van der Waals surface area contributed by atoms with Gasteiger partial charge in [0.2, 0.25) is 10.0 Å². The van der Waals surface area contributed by atoms with E-state index in [-0.39, 0.29) is 30.7 Å². The second-order valence-corrected chi connectivity index (χ2v) is 12.7. The molecule has 1 heterocycles. The predicted molar refractivity (Wildman–Crippen MR) is 167 cm³/mol. The van der Waals surface area contributed by atoms with Crippen LogP contribution in [0.5, 0.6) is 0 Å². The molecule has 10 heteroatoms. The van der Waals surface area contributed by atoms with Gasteiger partial charge in [-0.1, -0.05) is 43.5 Å². The number of unbranched alkanes of at least 4 members (excludes halogenated alkanes) is 1. The highest BCUT2D eigenvalue weighted by molar-refractivity contribution is 7.89. The van der Waals surface area contributed by atoms with E-state index in [9.17, 15) is 13.2 Å². The number of carbonyl (C=O) groups excluding carboxylic acids is 1. The molecule has 0 bridgehead atoms. The third-order valence-electron chi connectivity index (χ3n) is 7.91. The molecule has 0 atom stereocenters. The summed E-state index contributed by atoms with van der Waals surface area (Å²) in [5, 5.41) is 7.11. The number of hydrogen-bond donors (Lipinski definition) is 2. The van der Waals surface area contributed by atoms with Crippen LogP contribution in [0.3, 0.4) is 0 Å². The fourth-order valence-corrected chi connectivity index (χ4v) is 6.77. The molecule has 2 aromatic carbocycles. The maximum Gasteiger partial charge on any atom is 0.253 e. The molecule has 2 aliphatic rings. The molecule has 1 aliphatic carbocycles. The first-order chi connectivity index (χ1) is 18.4. The van der Waals surface area contributed by atoms with Gasteiger partial charge in [0.15, 0.2) is 0 Å². The third-order valence-corrected chi connectivity index (χ3v) is 9.77. The molecule has 224 valence electrons. The largest absolute Gasteiger partial charge is 0.338 e. The lowest BCUT2D eigenvalue weighted by molar-refractivity contribution is 0.0763. The summed E-state index contributed by atoms with van der Waals surface area (Å²) in [5.41, 5.74) is 2.84. The van der Waals surface area contributed by atoms with Crippen molar-refractivity contribution >= 4 is 40.7 Å². The highest BCUT2D eigenvalue weighted by atomic mass is 35.5. The van der Waals surface area contributed by atoms with Gasteiger partial charge in [0.05, 0.1) is 4.90 Å². The van der Waals surface area contributed by atoms with Crippen LogP contribution in [0.2, 0.25) is 0 Å². The number of nitrogens with zero attached hydrogens (tertiary/aromatic N) is 2. The van der Waals surface area contributed by atoms with Gasteiger partial charge in [0.1, 0.15) is 0 Å². The van der Waals surface area contributed by atoms with Crippen molar-refractivity contribution in [2.24, 2.45) is 0 Å². The quantitative estimate of drug-likeness (QED) is 0.340. The molecule has 2 aromatic rings. The zero-order chi connectivity index (χ0) is 26.8. The predicted octanol–water partition coefficient (Wildman–Crippen LogP) is 4.68. The standard InChI is InChI=1S/C30H44N4O3S.2ClH/c1-33(21-9-8-18-31-19-20-32-28-12-6-3-7-13-28)38(36,37)29-15-14-25-16-22-34(23-17-27(25)24-29)30(35)26-10-4-2-5-11-26;;/h2,4-5,10-11,14-15,24,28,31-32H,3,6-9,12-13,16-23H2,1H3;2*1H. The van der Waals surface area contributed by atoms with Crippen LogP contribution in [0.4, 0.5) is 0 Å². The van der Waals surface area contributed by atoms with Gasteiger partial charge in [-0.05, 0) is 80.5 Å². The Labute approximate surface area is 253 Å². The lowest BCUT2D eigenvalue weighted by Gasteiger charge is -2.22. The van der Waals surface area contributed by atoms with E-state index in [1.165, 1.54) is 36.4 Å². The Balaban J connectivity index is 0.00000280. The van der Waals surface area contributed by atoms with Crippen LogP contribution < -0.4 is 10.6 Å². The second-order valence-electron chi connectivity index (χ2n) is 10.7. The molecular weight excluding hydrogens is 567 g/mol. The third kappa shape index (κ3) is 9.71. The van der Waals surface area contributed by atoms with E-state index >= 15 is 0 Å². The monoisotopic (exact) mass is 612 g/mol. The van der Waals surface area contributed by atoms with Crippen molar-refractivity contribution in [3.63, 3.8) is 0 Å². The van der Waals surface area contributed by atoms with E-state index in [0.29, 0.717) is 42.6 Å². The van der Waals surface area contributed by atoms with Gasteiger partial charge in [-0.3, -0.25) is 4.79 Å². The molecule has 1 amide bonds. The van der Waals surface area contributed by atoms with E-state index in [1.807, 2.05) is 47.4 Å². The molecule has 1 fully saturated rings. The topological polar surface area (TPSA) is 81.8 Å². The molecule has 0 spiro atoms. The lowest BCUT2D eigenvalue weighted by Crippen LogP contribution is -2.36. The van der Waals surface area contributed by atoms with Crippen LogP contribution in [0, 0.1) is 0 Å². The molecule has 0 unspecified atom stereocenters. The Kier molecular flexibility index (Phi) is 14.9. The molecule has 1 saturated carbocycles. The second kappa shape index (κ2) is 17.3. The van der Waals surface area contributed by atoms with Gasteiger partial charge in [-0.15, -0.1) is 24.8 Å². The van der Waals surface area contributed by atoms with Crippen LogP contribution in [-0.4, -0.2) is 75.9 Å². The average molecular weight is 614 g/mol. The Morgan fingerprint density at radius 1 is 0.900 bits per heavy atom. The van der Waals surface area contributed by atoms with Crippen molar-refractivity contribution < 1.29 is 13.2 Å². The van der Waals surface area contributed by atoms with E-state index in [4.69, 9.17) is 0 Å². The van der Waals surface area contributed by atoms with E-state index in [1.54, 1.807) is 13.1 Å². The summed E-state index contributed by atoms with van der Waals surface area (Å²) in [5.74, 6) is 0.0287. The Morgan fingerprint density at radius 3 is 2.33 bits per heavy atom. The molecule has 7 nitrogen and oxygen atoms in total. The average Bonchev–Trinajstić information content (AvgIpc) is 3.17. The molecule has 40 heavy (non-hydrogen) atoms. The van der Waals surface area contributed by atoms with Crippen molar-refractivity contribution in [2.75, 3.05) is 46.3 Å². The molecule has 1 aliphatic heterocycles. The summed E-state index contributed by atoms with van der Waals surface area (Å²) < 4.78 is 28.0. The number of sulfonamides is 1. The Bertz CT molecular complexity index is 1140. The van der Waals surface area contributed by atoms with Crippen LogP contribution in [0.1, 0.15) is 66.4 Å². The number of rotatable bonds is 12. The maximum atomic E-state index is 13.3. The van der Waals surface area contributed by atoms with Crippen molar-refractivity contribution in [3.8, 4) is 0 Å². The van der Waals surface area contributed by atoms with Crippen molar-refractivity contribution in [2.45, 2.75) is 68.7 Å². The summed E-state index contributed by atoms with van der Waals surface area (Å²) >= 11 is 0. The van der Waals surface area contributed by atoms with Crippen LogP contribution >= 0.6 is 24.8 Å². The minimum atomic E-state index is -3.55. The number of carbonyl (C=O) groups is 1. The number of halogens is 2. The van der Waals surface area contributed by atoms with Crippen LogP contribution in [-0.2, 0) is 22.9 Å². The number of hydrogen-bond acceptors (Lipinski definition) is 5. The summed E-state index contributed by atoms with van der Waals surface area (Å²) in [6.45, 7) is 4.57. The maximum absolute atomic E-state index is 13.3. The normalized spacial score (nSPS) is 16.0. The number of nitrogens with one attached hydrogen (secondary N) is 2. The fourth-order valence-electron chi connectivity index (χ4n) is 5.51. The highest BCUT2D eigenvalue weighted by Gasteiger charge is 2.24. The number of amides is 1. The van der Waals surface area contributed by atoms with Crippen molar-refractivity contribution in [1.82, 2.24) is 19.8 Å². The highest BCUT2D eigenvalue weighted by Crippen LogP contribution is 2.23. The smallest absolute Gasteiger partial charge is 0.253 e. The molecule has 0 aromatic heterocycles. The van der Waals surface area contributed by atoms with E-state index in [2.05, 4.69) is 10.6 Å². The van der Waals surface area contributed by atoms with Crippen LogP contribution in [0.15, 0.2) is 53.4 Å². The minimum absolute atomic E-state index is 0. The van der Waals surface area contributed by atoms with Crippen LogP contribution in [0.25, 0.3) is 0 Å². The van der Waals surface area contributed by atoms with E-state index < -0.39 is 10.0 Å². The van der Waals surface area contributed by atoms with Gasteiger partial charge >= 0.3 is 0 Å². The molecule has 0 radical (unpaired) electrons. The first-order valence-corrected chi connectivity index (χ1v) is 15.8. The first-order valence-electron chi connectivity index (χ1n) is 14.3. The summed E-state index contributed by atoms with van der Waals surface area (Å²) in [6.07, 6.45) is 9.83. The summed E-state index contributed by atoms with van der Waals surface area (Å²) in [7, 11) is -1.88. The van der Waals surface area contributed by atoms with Gasteiger partial charge in [0, 0.05) is 51.4 Å². The molecular formula is C30H46Cl2N4O3S.